The first-order valence-corrected chi connectivity index (χ1v) is 8.51. The molecule has 5 nitrogen and oxygen atoms in total. The normalized spacial score (nSPS) is 14.6. The van der Waals surface area contributed by atoms with Crippen molar-refractivity contribution in [2.45, 2.75) is 45.2 Å². The van der Waals surface area contributed by atoms with Gasteiger partial charge in [-0.1, -0.05) is 18.2 Å². The molecule has 1 atom stereocenters. The number of hydrogen-bond acceptors (Lipinski definition) is 3. The number of nitrogens with one attached hydrogen (secondary N) is 1. The lowest BCUT2D eigenvalue weighted by molar-refractivity contribution is 0.203. The number of carbonyl (C=O) groups excluding carboxylic acids is 1. The third kappa shape index (κ3) is 3.91. The predicted molar refractivity (Wildman–Crippen MR) is 93.5 cm³/mol. The number of fused-ring (bicyclic) bond motifs is 1. The fourth-order valence-corrected chi connectivity index (χ4v) is 3.13. The van der Waals surface area contributed by atoms with E-state index in [0.717, 1.165) is 17.7 Å². The van der Waals surface area contributed by atoms with E-state index in [1.54, 1.807) is 30.5 Å². The van der Waals surface area contributed by atoms with Crippen LogP contribution in [0.3, 0.4) is 0 Å². The van der Waals surface area contributed by atoms with Crippen molar-refractivity contribution in [2.75, 3.05) is 7.05 Å². The second-order valence-electron chi connectivity index (χ2n) is 6.46. The number of aryl methyl sites for hydroxylation is 2. The van der Waals surface area contributed by atoms with Gasteiger partial charge in [-0.15, -0.1) is 0 Å². The molecule has 0 fully saturated rings. The molecule has 2 amide bonds. The summed E-state index contributed by atoms with van der Waals surface area (Å²) >= 11 is 0. The number of hydrogen-bond donors (Lipinski definition) is 1. The Morgan fingerprint density at radius 1 is 1.25 bits per heavy atom. The Kier molecular flexibility index (Phi) is 5.08. The number of rotatable bonds is 4. The first kappa shape index (κ1) is 16.4. The highest BCUT2D eigenvalue weighted by Crippen LogP contribution is 2.24. The maximum absolute atomic E-state index is 12.4. The Morgan fingerprint density at radius 2 is 2.04 bits per heavy atom. The van der Waals surface area contributed by atoms with Crippen LogP contribution in [-0.2, 0) is 19.4 Å². The van der Waals surface area contributed by atoms with Gasteiger partial charge in [0.25, 0.3) is 0 Å². The molecule has 24 heavy (non-hydrogen) atoms. The van der Waals surface area contributed by atoms with Crippen LogP contribution in [0.2, 0.25) is 0 Å². The topological polar surface area (TPSA) is 58.1 Å². The molecule has 1 N–H and O–H groups in total. The van der Waals surface area contributed by atoms with E-state index in [0.29, 0.717) is 6.54 Å². The minimum Gasteiger partial charge on any atom is -0.331 e. The molecule has 0 saturated carbocycles. The summed E-state index contributed by atoms with van der Waals surface area (Å²) in [5.74, 6) is 0. The highest BCUT2D eigenvalue weighted by Gasteiger charge is 2.16. The van der Waals surface area contributed by atoms with E-state index in [1.165, 1.54) is 30.4 Å². The molecule has 1 aromatic heterocycles. The Morgan fingerprint density at radius 3 is 2.79 bits per heavy atom. The maximum Gasteiger partial charge on any atom is 0.317 e. The maximum atomic E-state index is 12.4. The summed E-state index contributed by atoms with van der Waals surface area (Å²) in [4.78, 5) is 22.2. The molecule has 0 saturated heterocycles. The van der Waals surface area contributed by atoms with Crippen molar-refractivity contribution < 1.29 is 4.79 Å². The molecule has 0 aliphatic heterocycles. The molecule has 1 aliphatic carbocycles. The van der Waals surface area contributed by atoms with Gasteiger partial charge in [-0.3, -0.25) is 9.97 Å². The molecule has 3 rings (SSSR count). The van der Waals surface area contributed by atoms with Gasteiger partial charge in [0.2, 0.25) is 0 Å². The zero-order valence-corrected chi connectivity index (χ0v) is 14.3. The minimum absolute atomic E-state index is 0.0194. The number of aromatic nitrogens is 2. The van der Waals surface area contributed by atoms with Crippen molar-refractivity contribution in [2.24, 2.45) is 0 Å². The fraction of sp³-hybridized carbons (Fsp3) is 0.421. The van der Waals surface area contributed by atoms with Gasteiger partial charge in [-0.25, -0.2) is 4.79 Å². The van der Waals surface area contributed by atoms with Gasteiger partial charge in [0.1, 0.15) is 0 Å². The second kappa shape index (κ2) is 7.43. The van der Waals surface area contributed by atoms with Crippen LogP contribution in [-0.4, -0.2) is 27.9 Å². The van der Waals surface area contributed by atoms with E-state index >= 15 is 0 Å². The van der Waals surface area contributed by atoms with Gasteiger partial charge >= 0.3 is 6.03 Å². The molecular formula is C19H24N4O. The van der Waals surface area contributed by atoms with Crippen molar-refractivity contribution in [3.8, 4) is 0 Å². The summed E-state index contributed by atoms with van der Waals surface area (Å²) in [6.07, 6.45) is 9.81. The average Bonchev–Trinajstić information content (AvgIpc) is 2.62. The van der Waals surface area contributed by atoms with Gasteiger partial charge in [0, 0.05) is 19.4 Å². The van der Waals surface area contributed by atoms with Crippen molar-refractivity contribution >= 4 is 6.03 Å². The van der Waals surface area contributed by atoms with E-state index in [4.69, 9.17) is 0 Å². The highest BCUT2D eigenvalue weighted by atomic mass is 16.2. The lowest BCUT2D eigenvalue weighted by Gasteiger charge is -2.23. The van der Waals surface area contributed by atoms with Crippen LogP contribution in [0.5, 0.6) is 0 Å². The molecule has 1 unspecified atom stereocenters. The summed E-state index contributed by atoms with van der Waals surface area (Å²) in [5.41, 5.74) is 4.84. The highest BCUT2D eigenvalue weighted by molar-refractivity contribution is 5.74. The molecule has 2 aromatic rings. The van der Waals surface area contributed by atoms with Crippen LogP contribution in [0.1, 0.15) is 48.2 Å². The van der Waals surface area contributed by atoms with Crippen molar-refractivity contribution in [1.82, 2.24) is 20.2 Å². The van der Waals surface area contributed by atoms with E-state index in [2.05, 4.69) is 33.5 Å². The molecule has 1 aromatic carbocycles. The summed E-state index contributed by atoms with van der Waals surface area (Å²) in [7, 11) is 1.77. The van der Waals surface area contributed by atoms with E-state index in [-0.39, 0.29) is 12.1 Å². The van der Waals surface area contributed by atoms with Crippen LogP contribution >= 0.6 is 0 Å². The first-order valence-electron chi connectivity index (χ1n) is 8.51. The molecule has 1 aliphatic rings. The third-order valence-electron chi connectivity index (χ3n) is 4.58. The third-order valence-corrected chi connectivity index (χ3v) is 4.58. The fourth-order valence-electron chi connectivity index (χ4n) is 3.13. The van der Waals surface area contributed by atoms with Gasteiger partial charge in [0.05, 0.1) is 24.5 Å². The second-order valence-corrected chi connectivity index (χ2v) is 6.46. The Labute approximate surface area is 143 Å². The standard InChI is InChI=1S/C19H24N4O/c1-14(16-8-7-15-5-3-4-6-17(15)11-16)22-19(24)23(2)13-18-12-20-9-10-21-18/h7-12,14H,3-6,13H2,1-2H3,(H,22,24). The average molecular weight is 324 g/mol. The lowest BCUT2D eigenvalue weighted by Crippen LogP contribution is -2.38. The number of urea groups is 1. The first-order chi connectivity index (χ1) is 11.6. The zero-order chi connectivity index (χ0) is 16.9. The molecular weight excluding hydrogens is 300 g/mol. The van der Waals surface area contributed by atoms with Crippen molar-refractivity contribution in [3.05, 3.63) is 59.2 Å². The summed E-state index contributed by atoms with van der Waals surface area (Å²) in [5, 5.41) is 3.06. The smallest absolute Gasteiger partial charge is 0.317 e. The quantitative estimate of drug-likeness (QED) is 0.939. The predicted octanol–water partition coefficient (Wildman–Crippen LogP) is 3.26. The number of nitrogens with zero attached hydrogens (tertiary/aromatic N) is 3. The largest absolute Gasteiger partial charge is 0.331 e. The van der Waals surface area contributed by atoms with Crippen LogP contribution in [0.25, 0.3) is 0 Å². The molecule has 0 bridgehead atoms. The van der Waals surface area contributed by atoms with Gasteiger partial charge in [0.15, 0.2) is 0 Å². The zero-order valence-electron chi connectivity index (χ0n) is 14.3. The number of amides is 2. The molecule has 5 heteroatoms. The Balaban J connectivity index is 1.61. The number of benzene rings is 1. The van der Waals surface area contributed by atoms with E-state index in [9.17, 15) is 4.79 Å². The molecule has 0 spiro atoms. The SMILES string of the molecule is CC(NC(=O)N(C)Cc1cnccn1)c1ccc2c(c1)CCCC2. The summed E-state index contributed by atoms with van der Waals surface area (Å²) in [6, 6.07) is 6.48. The monoisotopic (exact) mass is 324 g/mol. The van der Waals surface area contributed by atoms with Crippen LogP contribution in [0.4, 0.5) is 4.79 Å². The minimum atomic E-state index is -0.106. The molecule has 1 heterocycles. The van der Waals surface area contributed by atoms with Gasteiger partial charge < -0.3 is 10.2 Å². The van der Waals surface area contributed by atoms with E-state index < -0.39 is 0 Å². The summed E-state index contributed by atoms with van der Waals surface area (Å²) < 4.78 is 0. The summed E-state index contributed by atoms with van der Waals surface area (Å²) in [6.45, 7) is 2.47. The Bertz CT molecular complexity index is 702. The van der Waals surface area contributed by atoms with E-state index in [1.807, 2.05) is 6.92 Å². The van der Waals surface area contributed by atoms with Crippen molar-refractivity contribution in [3.63, 3.8) is 0 Å². The van der Waals surface area contributed by atoms with Crippen LogP contribution in [0, 0.1) is 0 Å². The molecule has 126 valence electrons. The Hall–Kier alpha value is -2.43. The molecule has 0 radical (unpaired) electrons. The van der Waals surface area contributed by atoms with Crippen LogP contribution < -0.4 is 5.32 Å². The lowest BCUT2D eigenvalue weighted by atomic mass is 9.89. The van der Waals surface area contributed by atoms with Crippen LogP contribution in [0.15, 0.2) is 36.8 Å². The van der Waals surface area contributed by atoms with Gasteiger partial charge in [-0.05, 0) is 49.3 Å². The number of carbonyl (C=O) groups is 1. The van der Waals surface area contributed by atoms with Crippen molar-refractivity contribution in [1.29, 1.82) is 0 Å². The van der Waals surface area contributed by atoms with Gasteiger partial charge in [-0.2, -0.15) is 0 Å².